The van der Waals surface area contributed by atoms with Crippen molar-refractivity contribution in [3.63, 3.8) is 0 Å². The highest BCUT2D eigenvalue weighted by Gasteiger charge is 2.38. The lowest BCUT2D eigenvalue weighted by molar-refractivity contribution is -0.192. The Morgan fingerprint density at radius 1 is 0.559 bits per heavy atom. The Balaban J connectivity index is 0.00000114. The van der Waals surface area contributed by atoms with E-state index in [0.29, 0.717) is 28.1 Å². The SMILES string of the molecule is CC(C)[C@H](NC(=O)[C@H](Cc1ccc(O)cc1)NC(=O)c1ccccc1-c1ccccc1C(=O)N[C@@H](Cc1ccccc1)C(=O)Nc1ccccc1-c1ccccc1N)C(N)=O.O=C(O)C(F)(F)F. The zero-order chi connectivity index (χ0) is 49.5. The molecule has 0 aliphatic heterocycles. The molecule has 17 heteroatoms. The molecule has 0 heterocycles. The lowest BCUT2D eigenvalue weighted by Gasteiger charge is -2.24. The molecule has 0 saturated heterocycles. The van der Waals surface area contributed by atoms with Crippen LogP contribution in [0.1, 0.15) is 45.7 Å². The van der Waals surface area contributed by atoms with E-state index in [-0.39, 0.29) is 35.6 Å². The molecule has 10 N–H and O–H groups in total. The first-order valence-electron chi connectivity index (χ1n) is 21.1. The number of alkyl halides is 3. The van der Waals surface area contributed by atoms with Crippen molar-refractivity contribution < 1.29 is 52.2 Å². The lowest BCUT2D eigenvalue weighted by Crippen LogP contribution is -2.55. The van der Waals surface area contributed by atoms with E-state index >= 15 is 0 Å². The molecule has 0 aromatic heterocycles. The number of hydrogen-bond acceptors (Lipinski definition) is 8. The van der Waals surface area contributed by atoms with Gasteiger partial charge in [-0.2, -0.15) is 13.2 Å². The fraction of sp³-hybridized carbons (Fsp3) is 0.176. The second-order valence-electron chi connectivity index (χ2n) is 15.8. The Bertz CT molecular complexity index is 2750. The number of nitrogen functional groups attached to an aromatic ring is 1. The number of benzene rings is 6. The highest BCUT2D eigenvalue weighted by Crippen LogP contribution is 2.32. The van der Waals surface area contributed by atoms with Crippen molar-refractivity contribution in [3.8, 4) is 28.0 Å². The third-order valence-electron chi connectivity index (χ3n) is 10.5. The number of hydrogen-bond donors (Lipinski definition) is 8. The van der Waals surface area contributed by atoms with Crippen LogP contribution in [0.3, 0.4) is 0 Å². The maximum Gasteiger partial charge on any atom is 0.490 e. The summed E-state index contributed by atoms with van der Waals surface area (Å²) in [5, 5.41) is 28.5. The van der Waals surface area contributed by atoms with Crippen molar-refractivity contribution in [3.05, 3.63) is 174 Å². The van der Waals surface area contributed by atoms with Gasteiger partial charge in [0, 0.05) is 46.5 Å². The first-order chi connectivity index (χ1) is 32.3. The molecule has 3 atom stereocenters. The smallest absolute Gasteiger partial charge is 0.490 e. The van der Waals surface area contributed by atoms with E-state index in [9.17, 15) is 42.3 Å². The van der Waals surface area contributed by atoms with Gasteiger partial charge in [-0.3, -0.25) is 24.0 Å². The average molecular weight is 931 g/mol. The predicted octanol–water partition coefficient (Wildman–Crippen LogP) is 6.89. The summed E-state index contributed by atoms with van der Waals surface area (Å²) in [5.74, 6) is -6.03. The molecule has 0 bridgehead atoms. The fourth-order valence-electron chi connectivity index (χ4n) is 7.05. The van der Waals surface area contributed by atoms with Gasteiger partial charge in [0.1, 0.15) is 23.9 Å². The van der Waals surface area contributed by atoms with Gasteiger partial charge in [0.25, 0.3) is 11.8 Å². The molecule has 5 amide bonds. The number of aliphatic carboxylic acids is 1. The number of carboxylic acid groups (broad SMARTS) is 1. The number of para-hydroxylation sites is 2. The van der Waals surface area contributed by atoms with Gasteiger partial charge in [0.15, 0.2) is 0 Å². The molecule has 0 spiro atoms. The van der Waals surface area contributed by atoms with Gasteiger partial charge in [0.2, 0.25) is 17.7 Å². The number of rotatable bonds is 16. The molecular formula is C51H49F3N6O8. The van der Waals surface area contributed by atoms with Crippen LogP contribution < -0.4 is 32.7 Å². The van der Waals surface area contributed by atoms with Crippen LogP contribution in [0.5, 0.6) is 5.75 Å². The number of phenols is 1. The zero-order valence-electron chi connectivity index (χ0n) is 36.8. The number of nitrogens with one attached hydrogen (secondary N) is 4. The highest BCUT2D eigenvalue weighted by molar-refractivity contribution is 6.09. The van der Waals surface area contributed by atoms with Crippen LogP contribution >= 0.6 is 0 Å². The van der Waals surface area contributed by atoms with Crippen molar-refractivity contribution in [2.24, 2.45) is 11.7 Å². The van der Waals surface area contributed by atoms with Gasteiger partial charge in [-0.1, -0.05) is 129 Å². The average Bonchev–Trinajstić information content (AvgIpc) is 3.31. The van der Waals surface area contributed by atoms with E-state index in [1.807, 2.05) is 60.7 Å². The Hall–Kier alpha value is -8.47. The second-order valence-corrected chi connectivity index (χ2v) is 15.8. The van der Waals surface area contributed by atoms with Gasteiger partial charge >= 0.3 is 12.1 Å². The Morgan fingerprint density at radius 2 is 0.985 bits per heavy atom. The van der Waals surface area contributed by atoms with E-state index in [4.69, 9.17) is 21.4 Å². The van der Waals surface area contributed by atoms with E-state index in [0.717, 1.165) is 16.7 Å². The van der Waals surface area contributed by atoms with Crippen molar-refractivity contribution in [1.29, 1.82) is 0 Å². The van der Waals surface area contributed by atoms with Crippen LogP contribution in [0.15, 0.2) is 152 Å². The molecule has 0 fully saturated rings. The molecule has 0 unspecified atom stereocenters. The summed E-state index contributed by atoms with van der Waals surface area (Å²) in [6, 6.07) is 40.4. The predicted molar refractivity (Wildman–Crippen MR) is 251 cm³/mol. The van der Waals surface area contributed by atoms with Crippen molar-refractivity contribution in [1.82, 2.24) is 16.0 Å². The minimum Gasteiger partial charge on any atom is -0.508 e. The maximum absolute atomic E-state index is 14.4. The van der Waals surface area contributed by atoms with Gasteiger partial charge in [0.05, 0.1) is 0 Å². The first-order valence-corrected chi connectivity index (χ1v) is 21.1. The Kier molecular flexibility index (Phi) is 17.2. The minimum absolute atomic E-state index is 0.0245. The van der Waals surface area contributed by atoms with Crippen LogP contribution in [0, 0.1) is 5.92 Å². The molecule has 0 aliphatic carbocycles. The number of primary amides is 1. The van der Waals surface area contributed by atoms with Gasteiger partial charge < -0.3 is 42.9 Å². The lowest BCUT2D eigenvalue weighted by atomic mass is 9.93. The van der Waals surface area contributed by atoms with Gasteiger partial charge in [-0.15, -0.1) is 0 Å². The molecule has 0 radical (unpaired) electrons. The number of carbonyl (C=O) groups is 6. The molecular weight excluding hydrogens is 882 g/mol. The highest BCUT2D eigenvalue weighted by atomic mass is 19.4. The van der Waals surface area contributed by atoms with Crippen LogP contribution in [-0.4, -0.2) is 70.0 Å². The number of phenolic OH excluding ortho intramolecular Hbond substituents is 1. The van der Waals surface area contributed by atoms with Crippen molar-refractivity contribution in [2.45, 2.75) is 51.0 Å². The van der Waals surface area contributed by atoms with E-state index in [1.165, 1.54) is 12.1 Å². The molecule has 0 saturated carbocycles. The van der Waals surface area contributed by atoms with Gasteiger partial charge in [-0.25, -0.2) is 4.79 Å². The van der Waals surface area contributed by atoms with Crippen LogP contribution in [-0.2, 0) is 32.0 Å². The normalized spacial score (nSPS) is 12.3. The number of halogens is 3. The Labute approximate surface area is 389 Å². The number of carboxylic acids is 1. The summed E-state index contributed by atoms with van der Waals surface area (Å²) >= 11 is 0. The van der Waals surface area contributed by atoms with Crippen molar-refractivity contribution >= 4 is 46.9 Å². The number of nitrogens with two attached hydrogens (primary N) is 2. The molecule has 6 rings (SSSR count). The monoisotopic (exact) mass is 930 g/mol. The summed E-state index contributed by atoms with van der Waals surface area (Å²) in [4.78, 5) is 77.7. The number of anilines is 2. The zero-order valence-corrected chi connectivity index (χ0v) is 36.8. The standard InChI is InChI=1S/C49H48N6O6.C2HF3O2/c1-30(2)44(45(51)57)55-49(61)43(29-32-24-26-33(56)27-25-32)54-47(59)39-21-9-7-17-35(39)34-16-6-8-20-38(34)46(58)53-42(28-31-14-4-3-5-15-31)48(60)52-41-23-13-11-19-37(41)36-18-10-12-22-40(36)50;3-2(4,5)1(6)7/h3-27,30,42-44,56H,28-29,50H2,1-2H3,(H2,51,57)(H,52,60)(H,53,58)(H,54,59)(H,55,61);(H,6,7)/t42-,43-,44-;/m0./s1. The van der Waals surface area contributed by atoms with Crippen LogP contribution in [0.25, 0.3) is 22.3 Å². The first kappa shape index (κ1) is 50.5. The van der Waals surface area contributed by atoms with Crippen LogP contribution in [0.2, 0.25) is 0 Å². The molecule has 352 valence electrons. The molecule has 14 nitrogen and oxygen atoms in total. The summed E-state index contributed by atoms with van der Waals surface area (Å²) in [6.45, 7) is 3.48. The summed E-state index contributed by atoms with van der Waals surface area (Å²) in [6.07, 6.45) is -4.89. The van der Waals surface area contributed by atoms with Crippen LogP contribution in [0.4, 0.5) is 24.5 Å². The van der Waals surface area contributed by atoms with Gasteiger partial charge in [-0.05, 0) is 64.6 Å². The number of carbonyl (C=O) groups excluding carboxylic acids is 5. The van der Waals surface area contributed by atoms with E-state index in [2.05, 4.69) is 21.3 Å². The second kappa shape index (κ2) is 23.1. The molecule has 6 aromatic carbocycles. The molecule has 68 heavy (non-hydrogen) atoms. The van der Waals surface area contributed by atoms with E-state index < -0.39 is 59.8 Å². The maximum atomic E-state index is 14.4. The third kappa shape index (κ3) is 13.8. The third-order valence-corrected chi connectivity index (χ3v) is 10.5. The molecule has 6 aromatic rings. The fourth-order valence-corrected chi connectivity index (χ4v) is 7.05. The number of aromatic hydroxyl groups is 1. The summed E-state index contributed by atoms with van der Waals surface area (Å²) in [5.41, 5.74) is 17.0. The van der Waals surface area contributed by atoms with E-state index in [1.54, 1.807) is 92.7 Å². The minimum atomic E-state index is -5.08. The summed E-state index contributed by atoms with van der Waals surface area (Å²) in [7, 11) is 0. The van der Waals surface area contributed by atoms with Crippen molar-refractivity contribution in [2.75, 3.05) is 11.1 Å². The summed E-state index contributed by atoms with van der Waals surface area (Å²) < 4.78 is 31.7. The molecule has 0 aliphatic rings. The Morgan fingerprint density at radius 3 is 1.47 bits per heavy atom. The largest absolute Gasteiger partial charge is 0.508 e. The quantitative estimate of drug-likeness (QED) is 0.0471. The topological polar surface area (TPSA) is 243 Å². The number of amides is 5.